The predicted octanol–water partition coefficient (Wildman–Crippen LogP) is 2.62. The smallest absolute Gasteiger partial charge is 0.242 e. The third kappa shape index (κ3) is 3.31. The van der Waals surface area contributed by atoms with Gasteiger partial charge in [-0.05, 0) is 43.5 Å². The van der Waals surface area contributed by atoms with Crippen LogP contribution in [-0.2, 0) is 9.59 Å². The van der Waals surface area contributed by atoms with E-state index in [1.165, 1.54) is 11.8 Å². The molecule has 0 aliphatic carbocycles. The number of nitrogens with zero attached hydrogens (tertiary/aromatic N) is 2. The Morgan fingerprint density at radius 2 is 1.95 bits per heavy atom. The van der Waals surface area contributed by atoms with Gasteiger partial charge in [-0.25, -0.2) is 0 Å². The van der Waals surface area contributed by atoms with Crippen LogP contribution in [-0.4, -0.2) is 36.3 Å². The minimum atomic E-state index is -0.136. The van der Waals surface area contributed by atoms with E-state index in [9.17, 15) is 9.59 Å². The van der Waals surface area contributed by atoms with Crippen LogP contribution in [0, 0.1) is 6.92 Å². The molecule has 20 heavy (non-hydrogen) atoms. The molecule has 0 N–H and O–H groups in total. The number of rotatable bonds is 3. The highest BCUT2D eigenvalue weighted by Gasteiger charge is 2.23. The average molecular weight is 295 g/mol. The molecular weight excluding hydrogens is 276 g/mol. The molecule has 2 amide bonds. The van der Waals surface area contributed by atoms with Crippen molar-refractivity contribution in [3.8, 4) is 0 Å². The van der Waals surface area contributed by atoms with Gasteiger partial charge in [0.1, 0.15) is 6.54 Å². The average Bonchev–Trinajstić information content (AvgIpc) is 2.90. The van der Waals surface area contributed by atoms with Gasteiger partial charge >= 0.3 is 0 Å². The van der Waals surface area contributed by atoms with Crippen molar-refractivity contribution in [2.45, 2.75) is 26.7 Å². The topological polar surface area (TPSA) is 40.6 Å². The van der Waals surface area contributed by atoms with Gasteiger partial charge in [-0.2, -0.15) is 0 Å². The molecule has 1 aromatic carbocycles. The van der Waals surface area contributed by atoms with E-state index in [0.717, 1.165) is 37.2 Å². The van der Waals surface area contributed by atoms with Gasteiger partial charge in [0, 0.05) is 30.7 Å². The molecule has 0 aromatic heterocycles. The first-order valence-electron chi connectivity index (χ1n) is 6.81. The summed E-state index contributed by atoms with van der Waals surface area (Å²) < 4.78 is 0. The van der Waals surface area contributed by atoms with Crippen molar-refractivity contribution in [2.75, 3.05) is 24.5 Å². The fraction of sp³-hybridized carbons (Fsp3) is 0.467. The lowest BCUT2D eigenvalue weighted by molar-refractivity contribution is -0.130. The van der Waals surface area contributed by atoms with Gasteiger partial charge in [0.05, 0.1) is 0 Å². The molecule has 0 unspecified atom stereocenters. The number of aryl methyl sites for hydroxylation is 1. The van der Waals surface area contributed by atoms with Crippen LogP contribution in [0.3, 0.4) is 0 Å². The summed E-state index contributed by atoms with van der Waals surface area (Å²) >= 11 is 5.93. The zero-order valence-corrected chi connectivity index (χ0v) is 12.6. The Balaban J connectivity index is 2.18. The zero-order valence-electron chi connectivity index (χ0n) is 11.9. The van der Waals surface area contributed by atoms with Crippen molar-refractivity contribution in [3.05, 3.63) is 28.8 Å². The number of halogens is 1. The fourth-order valence-electron chi connectivity index (χ4n) is 2.49. The second kappa shape index (κ2) is 6.27. The predicted molar refractivity (Wildman–Crippen MR) is 80.0 cm³/mol. The van der Waals surface area contributed by atoms with Crippen molar-refractivity contribution in [3.63, 3.8) is 0 Å². The van der Waals surface area contributed by atoms with Gasteiger partial charge in [0.15, 0.2) is 0 Å². The van der Waals surface area contributed by atoms with E-state index in [-0.39, 0.29) is 18.4 Å². The van der Waals surface area contributed by atoms with Gasteiger partial charge in [-0.15, -0.1) is 0 Å². The highest BCUT2D eigenvalue weighted by molar-refractivity contribution is 6.30. The number of likely N-dealkylation sites (tertiary alicyclic amines) is 1. The summed E-state index contributed by atoms with van der Waals surface area (Å²) in [5.74, 6) is -0.130. The molecule has 1 aromatic rings. The fourth-order valence-corrected chi connectivity index (χ4v) is 2.72. The summed E-state index contributed by atoms with van der Waals surface area (Å²) in [6.45, 7) is 5.05. The lowest BCUT2D eigenvalue weighted by Crippen LogP contribution is -2.41. The minimum Gasteiger partial charge on any atom is -0.341 e. The van der Waals surface area contributed by atoms with Crippen LogP contribution in [0.25, 0.3) is 0 Å². The molecule has 2 rings (SSSR count). The standard InChI is InChI=1S/C15H19ClN2O2/c1-11-9-13(16)5-6-14(11)18(12(2)19)10-15(20)17-7-3-4-8-17/h5-6,9H,3-4,7-8,10H2,1-2H3. The number of benzene rings is 1. The number of hydrogen-bond acceptors (Lipinski definition) is 2. The van der Waals surface area contributed by atoms with Gasteiger partial charge in [-0.3, -0.25) is 9.59 Å². The highest BCUT2D eigenvalue weighted by atomic mass is 35.5. The Morgan fingerprint density at radius 3 is 2.50 bits per heavy atom. The first-order valence-corrected chi connectivity index (χ1v) is 7.19. The Labute approximate surface area is 124 Å². The molecule has 108 valence electrons. The zero-order chi connectivity index (χ0) is 14.7. The van der Waals surface area contributed by atoms with E-state index in [2.05, 4.69) is 0 Å². The van der Waals surface area contributed by atoms with Crippen LogP contribution >= 0.6 is 11.6 Å². The Bertz CT molecular complexity index is 525. The van der Waals surface area contributed by atoms with Gasteiger partial charge in [0.2, 0.25) is 11.8 Å². The van der Waals surface area contributed by atoms with E-state index in [1.54, 1.807) is 18.2 Å². The molecule has 0 atom stereocenters. The second-order valence-electron chi connectivity index (χ2n) is 5.12. The molecular formula is C15H19ClN2O2. The van der Waals surface area contributed by atoms with E-state index in [4.69, 9.17) is 11.6 Å². The van der Waals surface area contributed by atoms with Crippen molar-refractivity contribution in [2.24, 2.45) is 0 Å². The number of carbonyl (C=O) groups is 2. The maximum Gasteiger partial charge on any atom is 0.242 e. The van der Waals surface area contributed by atoms with Crippen molar-refractivity contribution in [1.82, 2.24) is 4.90 Å². The van der Waals surface area contributed by atoms with Crippen molar-refractivity contribution in [1.29, 1.82) is 0 Å². The molecule has 1 heterocycles. The van der Waals surface area contributed by atoms with Gasteiger partial charge in [-0.1, -0.05) is 11.6 Å². The Kier molecular flexibility index (Phi) is 4.65. The lowest BCUT2D eigenvalue weighted by atomic mass is 10.1. The summed E-state index contributed by atoms with van der Waals surface area (Å²) in [7, 11) is 0. The molecule has 1 fully saturated rings. The van der Waals surface area contributed by atoms with E-state index in [1.807, 2.05) is 11.8 Å². The summed E-state index contributed by atoms with van der Waals surface area (Å²) in [5.41, 5.74) is 1.64. The lowest BCUT2D eigenvalue weighted by Gasteiger charge is -2.25. The molecule has 1 aliphatic heterocycles. The molecule has 1 aliphatic rings. The third-order valence-electron chi connectivity index (χ3n) is 3.58. The van der Waals surface area contributed by atoms with Crippen LogP contribution in [0.15, 0.2) is 18.2 Å². The third-order valence-corrected chi connectivity index (χ3v) is 3.82. The summed E-state index contributed by atoms with van der Waals surface area (Å²) in [6, 6.07) is 5.32. The van der Waals surface area contributed by atoms with Crippen molar-refractivity contribution < 1.29 is 9.59 Å². The van der Waals surface area contributed by atoms with E-state index >= 15 is 0 Å². The quantitative estimate of drug-likeness (QED) is 0.860. The second-order valence-corrected chi connectivity index (χ2v) is 5.56. The molecule has 0 spiro atoms. The number of amides is 2. The summed E-state index contributed by atoms with van der Waals surface area (Å²) in [6.07, 6.45) is 2.09. The summed E-state index contributed by atoms with van der Waals surface area (Å²) in [4.78, 5) is 27.4. The molecule has 0 bridgehead atoms. The molecule has 5 heteroatoms. The Hall–Kier alpha value is -1.55. The summed E-state index contributed by atoms with van der Waals surface area (Å²) in [5, 5.41) is 0.626. The SMILES string of the molecule is CC(=O)N(CC(=O)N1CCCC1)c1ccc(Cl)cc1C. The van der Waals surface area contributed by atoms with Crippen LogP contribution < -0.4 is 4.90 Å². The maximum absolute atomic E-state index is 12.2. The maximum atomic E-state index is 12.2. The first-order chi connectivity index (χ1) is 9.49. The van der Waals surface area contributed by atoms with Crippen LogP contribution in [0.2, 0.25) is 5.02 Å². The minimum absolute atomic E-state index is 0.00653. The molecule has 4 nitrogen and oxygen atoms in total. The van der Waals surface area contributed by atoms with E-state index < -0.39 is 0 Å². The number of carbonyl (C=O) groups excluding carboxylic acids is 2. The Morgan fingerprint density at radius 1 is 1.30 bits per heavy atom. The largest absolute Gasteiger partial charge is 0.341 e. The number of anilines is 1. The van der Waals surface area contributed by atoms with Gasteiger partial charge < -0.3 is 9.80 Å². The highest BCUT2D eigenvalue weighted by Crippen LogP contribution is 2.24. The molecule has 0 saturated carbocycles. The molecule has 0 radical (unpaired) electrons. The normalized spacial score (nSPS) is 14.4. The van der Waals surface area contributed by atoms with Crippen LogP contribution in [0.1, 0.15) is 25.3 Å². The van der Waals surface area contributed by atoms with Crippen molar-refractivity contribution >= 4 is 29.1 Å². The van der Waals surface area contributed by atoms with Crippen LogP contribution in [0.5, 0.6) is 0 Å². The van der Waals surface area contributed by atoms with Gasteiger partial charge in [0.25, 0.3) is 0 Å². The monoisotopic (exact) mass is 294 g/mol. The van der Waals surface area contributed by atoms with E-state index in [0.29, 0.717) is 5.02 Å². The first kappa shape index (κ1) is 14.9. The molecule has 1 saturated heterocycles. The number of hydrogen-bond donors (Lipinski definition) is 0. The van der Waals surface area contributed by atoms with Crippen LogP contribution in [0.4, 0.5) is 5.69 Å².